The van der Waals surface area contributed by atoms with Crippen molar-refractivity contribution in [3.8, 4) is 0 Å². The van der Waals surface area contributed by atoms with Gasteiger partial charge in [0.05, 0.1) is 5.69 Å². The Labute approximate surface area is 111 Å². The Bertz CT molecular complexity index is 454. The maximum absolute atomic E-state index is 5.84. The maximum atomic E-state index is 5.84. The summed E-state index contributed by atoms with van der Waals surface area (Å²) in [7, 11) is 0. The van der Waals surface area contributed by atoms with E-state index in [0.717, 1.165) is 17.2 Å². The predicted octanol–water partition coefficient (Wildman–Crippen LogP) is 4.48. The van der Waals surface area contributed by atoms with E-state index < -0.39 is 0 Å². The molecule has 0 N–H and O–H groups in total. The van der Waals surface area contributed by atoms with Crippen LogP contribution in [0.2, 0.25) is 5.15 Å². The Morgan fingerprint density at radius 2 is 1.94 bits per heavy atom. The van der Waals surface area contributed by atoms with Gasteiger partial charge in [-0.15, -0.1) is 0 Å². The summed E-state index contributed by atoms with van der Waals surface area (Å²) in [6.45, 7) is 2.12. The van der Waals surface area contributed by atoms with Crippen molar-refractivity contribution in [3.05, 3.63) is 64.4 Å². The van der Waals surface area contributed by atoms with Gasteiger partial charge in [0.1, 0.15) is 5.15 Å². The zero-order valence-corrected chi connectivity index (χ0v) is 11.3. The average Bonchev–Trinajstić information content (AvgIpc) is 2.29. The lowest BCUT2D eigenvalue weighted by Gasteiger charge is -2.03. The normalized spacial score (nSPS) is 10.5. The summed E-state index contributed by atoms with van der Waals surface area (Å²) in [5.41, 5.74) is 3.70. The third kappa shape index (κ3) is 4.06. The van der Waals surface area contributed by atoms with E-state index in [1.54, 1.807) is 6.07 Å². The van der Waals surface area contributed by atoms with Crippen LogP contribution in [-0.4, -0.2) is 4.98 Å². The van der Waals surface area contributed by atoms with Crippen LogP contribution < -0.4 is 0 Å². The Balaban J connectivity index is 1.87. The van der Waals surface area contributed by atoms with Crippen molar-refractivity contribution in [1.82, 2.24) is 4.98 Å². The number of nitrogens with zero attached hydrogens (tertiary/aromatic N) is 1. The van der Waals surface area contributed by atoms with E-state index in [4.69, 9.17) is 11.6 Å². The van der Waals surface area contributed by atoms with Crippen LogP contribution in [0.25, 0.3) is 0 Å². The zero-order valence-electron chi connectivity index (χ0n) is 9.69. The average molecular weight is 264 g/mol. The Hall–Kier alpha value is -0.990. The first-order chi connectivity index (χ1) is 8.24. The van der Waals surface area contributed by atoms with Crippen LogP contribution in [0.15, 0.2) is 42.5 Å². The second-order valence-corrected chi connectivity index (χ2v) is 5.31. The van der Waals surface area contributed by atoms with Gasteiger partial charge in [0.15, 0.2) is 0 Å². The number of aromatic nitrogens is 1. The monoisotopic (exact) mass is 263 g/mol. The van der Waals surface area contributed by atoms with Crippen molar-refractivity contribution in [2.75, 3.05) is 0 Å². The van der Waals surface area contributed by atoms with E-state index in [0.29, 0.717) is 5.15 Å². The zero-order chi connectivity index (χ0) is 12.1. The van der Waals surface area contributed by atoms with Crippen LogP contribution in [0.1, 0.15) is 16.8 Å². The molecule has 0 fully saturated rings. The van der Waals surface area contributed by atoms with E-state index in [9.17, 15) is 0 Å². The smallest absolute Gasteiger partial charge is 0.129 e. The highest BCUT2D eigenvalue weighted by Gasteiger charge is 1.98. The molecule has 0 amide bonds. The van der Waals surface area contributed by atoms with Crippen molar-refractivity contribution >= 4 is 23.4 Å². The minimum atomic E-state index is 0.568. The molecule has 3 heteroatoms. The molecule has 0 radical (unpaired) electrons. The minimum absolute atomic E-state index is 0.568. The molecule has 1 nitrogen and oxygen atoms in total. The molecular weight excluding hydrogens is 250 g/mol. The largest absolute Gasteiger partial charge is 0.240 e. The Morgan fingerprint density at radius 3 is 2.71 bits per heavy atom. The fraction of sp³-hybridized carbons (Fsp3) is 0.214. The number of hydrogen-bond acceptors (Lipinski definition) is 2. The number of aryl methyl sites for hydroxylation is 1. The molecule has 0 aliphatic heterocycles. The van der Waals surface area contributed by atoms with Crippen LogP contribution in [-0.2, 0) is 11.5 Å². The van der Waals surface area contributed by atoms with Crippen molar-refractivity contribution in [3.63, 3.8) is 0 Å². The highest BCUT2D eigenvalue weighted by atomic mass is 35.5. The first-order valence-electron chi connectivity index (χ1n) is 5.49. The molecule has 1 heterocycles. The van der Waals surface area contributed by atoms with Gasteiger partial charge in [-0.1, -0.05) is 47.5 Å². The summed E-state index contributed by atoms with van der Waals surface area (Å²) in [6, 6.07) is 14.3. The van der Waals surface area contributed by atoms with Crippen LogP contribution in [0.4, 0.5) is 0 Å². The van der Waals surface area contributed by atoms with E-state index in [1.165, 1.54) is 11.1 Å². The third-order valence-electron chi connectivity index (χ3n) is 2.37. The summed E-state index contributed by atoms with van der Waals surface area (Å²) in [6.07, 6.45) is 0. The lowest BCUT2D eigenvalue weighted by Crippen LogP contribution is -1.88. The molecule has 0 saturated carbocycles. The fourth-order valence-electron chi connectivity index (χ4n) is 1.61. The second-order valence-electron chi connectivity index (χ2n) is 3.93. The molecule has 0 saturated heterocycles. The van der Waals surface area contributed by atoms with Gasteiger partial charge < -0.3 is 0 Å². The van der Waals surface area contributed by atoms with E-state index >= 15 is 0 Å². The van der Waals surface area contributed by atoms with Crippen LogP contribution in [0.3, 0.4) is 0 Å². The van der Waals surface area contributed by atoms with Gasteiger partial charge >= 0.3 is 0 Å². The number of thioether (sulfide) groups is 1. The Kier molecular flexibility index (Phi) is 4.46. The molecule has 0 atom stereocenters. The number of rotatable bonds is 4. The molecule has 1 aromatic heterocycles. The molecule has 17 heavy (non-hydrogen) atoms. The third-order valence-corrected chi connectivity index (χ3v) is 3.62. The maximum Gasteiger partial charge on any atom is 0.129 e. The molecule has 2 rings (SSSR count). The second kappa shape index (κ2) is 6.08. The van der Waals surface area contributed by atoms with Crippen molar-refractivity contribution in [2.24, 2.45) is 0 Å². The molecule has 0 aliphatic rings. The first kappa shape index (κ1) is 12.5. The molecule has 88 valence electrons. The topological polar surface area (TPSA) is 12.9 Å². The number of halogens is 1. The minimum Gasteiger partial charge on any atom is -0.240 e. The molecule has 0 aliphatic carbocycles. The van der Waals surface area contributed by atoms with Gasteiger partial charge in [-0.3, -0.25) is 0 Å². The lowest BCUT2D eigenvalue weighted by molar-refractivity contribution is 1.17. The summed E-state index contributed by atoms with van der Waals surface area (Å²) in [5, 5.41) is 0.568. The summed E-state index contributed by atoms with van der Waals surface area (Å²) < 4.78 is 0. The van der Waals surface area contributed by atoms with Crippen LogP contribution in [0, 0.1) is 6.92 Å². The van der Waals surface area contributed by atoms with Gasteiger partial charge in [-0.2, -0.15) is 11.8 Å². The van der Waals surface area contributed by atoms with Crippen molar-refractivity contribution < 1.29 is 0 Å². The quantitative estimate of drug-likeness (QED) is 0.755. The summed E-state index contributed by atoms with van der Waals surface area (Å²) >= 11 is 7.70. The Morgan fingerprint density at radius 1 is 1.12 bits per heavy atom. The van der Waals surface area contributed by atoms with Crippen molar-refractivity contribution in [1.29, 1.82) is 0 Å². The summed E-state index contributed by atoms with van der Waals surface area (Å²) in [5.74, 6) is 1.91. The fourth-order valence-corrected chi connectivity index (χ4v) is 2.67. The summed E-state index contributed by atoms with van der Waals surface area (Å²) in [4.78, 5) is 4.27. The lowest BCUT2D eigenvalue weighted by atomic mass is 10.2. The molecule has 0 unspecified atom stereocenters. The van der Waals surface area contributed by atoms with E-state index in [-0.39, 0.29) is 0 Å². The van der Waals surface area contributed by atoms with Gasteiger partial charge in [-0.25, -0.2) is 4.98 Å². The van der Waals surface area contributed by atoms with Crippen molar-refractivity contribution in [2.45, 2.75) is 18.4 Å². The molecule has 2 aromatic rings. The molecular formula is C14H14ClNS. The van der Waals surface area contributed by atoms with E-state index in [1.807, 2.05) is 23.9 Å². The molecule has 0 bridgehead atoms. The van der Waals surface area contributed by atoms with Gasteiger partial charge in [0.25, 0.3) is 0 Å². The first-order valence-corrected chi connectivity index (χ1v) is 7.02. The number of hydrogen-bond donors (Lipinski definition) is 0. The number of benzene rings is 1. The van der Waals surface area contributed by atoms with Gasteiger partial charge in [0.2, 0.25) is 0 Å². The van der Waals surface area contributed by atoms with Crippen LogP contribution >= 0.6 is 23.4 Å². The SMILES string of the molecule is Cc1cccc(CSCc2cccc(Cl)n2)c1. The molecule has 1 aromatic carbocycles. The van der Waals surface area contributed by atoms with Gasteiger partial charge in [0, 0.05) is 11.5 Å². The highest BCUT2D eigenvalue weighted by Crippen LogP contribution is 2.18. The van der Waals surface area contributed by atoms with Crippen LogP contribution in [0.5, 0.6) is 0 Å². The molecule has 0 spiro atoms. The predicted molar refractivity (Wildman–Crippen MR) is 75.4 cm³/mol. The standard InChI is InChI=1S/C14H14ClNS/c1-11-4-2-5-12(8-11)9-17-10-13-6-3-7-14(15)16-13/h2-8H,9-10H2,1H3. The highest BCUT2D eigenvalue weighted by molar-refractivity contribution is 7.97. The van der Waals surface area contributed by atoms with E-state index in [2.05, 4.69) is 36.2 Å². The van der Waals surface area contributed by atoms with Gasteiger partial charge in [-0.05, 0) is 24.6 Å². The number of pyridine rings is 1.